The first-order chi connectivity index (χ1) is 8.58. The van der Waals surface area contributed by atoms with Gasteiger partial charge in [-0.3, -0.25) is 4.79 Å². The molecule has 0 aromatic rings. The molecule has 0 saturated carbocycles. The number of carboxylic acids is 1. The van der Waals surface area contributed by atoms with E-state index in [-0.39, 0.29) is 23.5 Å². The Hall–Kier alpha value is -0.880. The first-order valence-corrected chi connectivity index (χ1v) is 8.03. The third kappa shape index (κ3) is 8.77. The molecular formula is C13H25NO4S. The Morgan fingerprint density at radius 3 is 2.37 bits per heavy atom. The minimum Gasteiger partial charge on any atom is -0.481 e. The summed E-state index contributed by atoms with van der Waals surface area (Å²) in [6.07, 6.45) is 2.64. The molecule has 0 aliphatic heterocycles. The third-order valence-corrected chi connectivity index (χ3v) is 4.40. The van der Waals surface area contributed by atoms with Crippen molar-refractivity contribution in [1.82, 2.24) is 4.72 Å². The second kappa shape index (κ2) is 7.65. The molecule has 0 radical (unpaired) electrons. The van der Waals surface area contributed by atoms with Crippen molar-refractivity contribution in [3.8, 4) is 0 Å². The monoisotopic (exact) mass is 291 g/mol. The van der Waals surface area contributed by atoms with Gasteiger partial charge in [-0.15, -0.1) is 6.58 Å². The van der Waals surface area contributed by atoms with Crippen LogP contribution in [0.25, 0.3) is 0 Å². The number of hydrogen-bond acceptors (Lipinski definition) is 3. The van der Waals surface area contributed by atoms with E-state index >= 15 is 0 Å². The smallest absolute Gasteiger partial charge is 0.303 e. The normalized spacial score (nSPS) is 14.1. The van der Waals surface area contributed by atoms with E-state index in [0.717, 1.165) is 0 Å². The van der Waals surface area contributed by atoms with E-state index in [4.69, 9.17) is 5.11 Å². The molecule has 1 atom stereocenters. The fourth-order valence-corrected chi connectivity index (χ4v) is 2.77. The molecule has 5 nitrogen and oxygen atoms in total. The van der Waals surface area contributed by atoms with E-state index in [2.05, 4.69) is 11.3 Å². The highest BCUT2D eigenvalue weighted by molar-refractivity contribution is 7.89. The lowest BCUT2D eigenvalue weighted by Crippen LogP contribution is -2.31. The maximum Gasteiger partial charge on any atom is 0.303 e. The van der Waals surface area contributed by atoms with Crippen LogP contribution in [0.5, 0.6) is 0 Å². The van der Waals surface area contributed by atoms with Gasteiger partial charge in [-0.1, -0.05) is 26.8 Å². The van der Waals surface area contributed by atoms with Gasteiger partial charge in [-0.05, 0) is 24.2 Å². The molecule has 0 fully saturated rings. The maximum atomic E-state index is 11.5. The molecule has 19 heavy (non-hydrogen) atoms. The molecule has 0 amide bonds. The molecule has 0 rings (SSSR count). The molecule has 0 aromatic carbocycles. The van der Waals surface area contributed by atoms with Crippen molar-refractivity contribution in [3.63, 3.8) is 0 Å². The van der Waals surface area contributed by atoms with E-state index in [0.29, 0.717) is 19.4 Å². The van der Waals surface area contributed by atoms with Crippen LogP contribution in [0.2, 0.25) is 0 Å². The van der Waals surface area contributed by atoms with E-state index in [1.54, 1.807) is 0 Å². The summed E-state index contributed by atoms with van der Waals surface area (Å²) in [6, 6.07) is 0. The molecule has 112 valence electrons. The van der Waals surface area contributed by atoms with Gasteiger partial charge in [0.15, 0.2) is 0 Å². The van der Waals surface area contributed by atoms with Crippen LogP contribution in [0.1, 0.15) is 40.0 Å². The van der Waals surface area contributed by atoms with Crippen LogP contribution in [0.3, 0.4) is 0 Å². The summed E-state index contributed by atoms with van der Waals surface area (Å²) < 4.78 is 25.4. The van der Waals surface area contributed by atoms with Gasteiger partial charge >= 0.3 is 5.97 Å². The van der Waals surface area contributed by atoms with Crippen molar-refractivity contribution in [1.29, 1.82) is 0 Å². The SMILES string of the molecule is C=CCS(=O)(=O)NCCC(CCC(=O)O)C(C)(C)C. The van der Waals surface area contributed by atoms with Gasteiger partial charge in [-0.2, -0.15) is 0 Å². The Morgan fingerprint density at radius 1 is 1.37 bits per heavy atom. The van der Waals surface area contributed by atoms with Crippen molar-refractivity contribution in [2.24, 2.45) is 11.3 Å². The van der Waals surface area contributed by atoms with Gasteiger partial charge in [-0.25, -0.2) is 13.1 Å². The molecule has 2 N–H and O–H groups in total. The van der Waals surface area contributed by atoms with Crippen molar-refractivity contribution in [2.75, 3.05) is 12.3 Å². The van der Waals surface area contributed by atoms with Crippen LogP contribution in [-0.2, 0) is 14.8 Å². The Balaban J connectivity index is 4.35. The van der Waals surface area contributed by atoms with Crippen molar-refractivity contribution in [3.05, 3.63) is 12.7 Å². The van der Waals surface area contributed by atoms with E-state index in [9.17, 15) is 13.2 Å². The lowest BCUT2D eigenvalue weighted by Gasteiger charge is -2.30. The fourth-order valence-electron chi connectivity index (χ4n) is 1.91. The number of aliphatic carboxylic acids is 1. The first kappa shape index (κ1) is 18.1. The van der Waals surface area contributed by atoms with Gasteiger partial charge in [0.25, 0.3) is 0 Å². The summed E-state index contributed by atoms with van der Waals surface area (Å²) in [6.45, 7) is 9.84. The highest BCUT2D eigenvalue weighted by Crippen LogP contribution is 2.32. The molecule has 0 heterocycles. The minimum atomic E-state index is -3.29. The lowest BCUT2D eigenvalue weighted by molar-refractivity contribution is -0.137. The summed E-state index contributed by atoms with van der Waals surface area (Å²) in [5.74, 6) is -0.751. The standard InChI is InChI=1S/C13H25NO4S/c1-5-10-19(17,18)14-9-8-11(13(2,3)4)6-7-12(15)16/h5,11,14H,1,6-10H2,2-4H3,(H,15,16). The Labute approximate surface area is 116 Å². The topological polar surface area (TPSA) is 83.5 Å². The highest BCUT2D eigenvalue weighted by Gasteiger charge is 2.25. The maximum absolute atomic E-state index is 11.5. The Kier molecular flexibility index (Phi) is 7.29. The van der Waals surface area contributed by atoms with Crippen LogP contribution in [0.15, 0.2) is 12.7 Å². The highest BCUT2D eigenvalue weighted by atomic mass is 32.2. The van der Waals surface area contributed by atoms with Crippen LogP contribution >= 0.6 is 0 Å². The third-order valence-electron chi connectivity index (χ3n) is 3.08. The predicted molar refractivity (Wildman–Crippen MR) is 76.4 cm³/mol. The molecule has 0 aliphatic rings. The molecule has 6 heteroatoms. The molecule has 0 saturated heterocycles. The summed E-state index contributed by atoms with van der Waals surface area (Å²) in [4.78, 5) is 10.6. The zero-order valence-electron chi connectivity index (χ0n) is 12.0. The molecule has 0 aromatic heterocycles. The average Bonchev–Trinajstić information content (AvgIpc) is 2.20. The van der Waals surface area contributed by atoms with Gasteiger partial charge in [0.2, 0.25) is 10.0 Å². The summed E-state index contributed by atoms with van der Waals surface area (Å²) >= 11 is 0. The van der Waals surface area contributed by atoms with Crippen molar-refractivity contribution >= 4 is 16.0 Å². The zero-order chi connectivity index (χ0) is 15.1. The molecule has 0 spiro atoms. The summed E-state index contributed by atoms with van der Waals surface area (Å²) in [5, 5.41) is 8.73. The number of rotatable bonds is 9. The summed E-state index contributed by atoms with van der Waals surface area (Å²) in [5.41, 5.74) is -0.0423. The summed E-state index contributed by atoms with van der Waals surface area (Å²) in [7, 11) is -3.29. The Bertz CT molecular complexity index is 395. The molecule has 0 aliphatic carbocycles. The van der Waals surface area contributed by atoms with Gasteiger partial charge in [0, 0.05) is 13.0 Å². The molecule has 0 bridgehead atoms. The van der Waals surface area contributed by atoms with Gasteiger partial charge in [0.1, 0.15) is 0 Å². The average molecular weight is 291 g/mol. The quantitative estimate of drug-likeness (QED) is 0.636. The van der Waals surface area contributed by atoms with Gasteiger partial charge in [0.05, 0.1) is 5.75 Å². The zero-order valence-corrected chi connectivity index (χ0v) is 12.8. The van der Waals surface area contributed by atoms with Crippen molar-refractivity contribution in [2.45, 2.75) is 40.0 Å². The predicted octanol–water partition coefficient (Wildman–Crippen LogP) is 2.01. The number of sulfonamides is 1. The molecular weight excluding hydrogens is 266 g/mol. The number of nitrogens with one attached hydrogen (secondary N) is 1. The first-order valence-electron chi connectivity index (χ1n) is 6.38. The largest absolute Gasteiger partial charge is 0.481 e. The number of carboxylic acid groups (broad SMARTS) is 1. The molecule has 1 unspecified atom stereocenters. The number of carbonyl (C=O) groups is 1. The Morgan fingerprint density at radius 2 is 1.95 bits per heavy atom. The van der Waals surface area contributed by atoms with Crippen LogP contribution in [-0.4, -0.2) is 31.8 Å². The second-order valence-electron chi connectivity index (χ2n) is 5.75. The lowest BCUT2D eigenvalue weighted by atomic mass is 9.76. The van der Waals surface area contributed by atoms with Crippen LogP contribution in [0, 0.1) is 11.3 Å². The number of hydrogen-bond donors (Lipinski definition) is 2. The van der Waals surface area contributed by atoms with Crippen LogP contribution in [0.4, 0.5) is 0 Å². The van der Waals surface area contributed by atoms with E-state index in [1.807, 2.05) is 20.8 Å². The van der Waals surface area contributed by atoms with E-state index in [1.165, 1.54) is 6.08 Å². The fraction of sp³-hybridized carbons (Fsp3) is 0.769. The van der Waals surface area contributed by atoms with Crippen molar-refractivity contribution < 1.29 is 18.3 Å². The van der Waals surface area contributed by atoms with Crippen LogP contribution < -0.4 is 4.72 Å². The second-order valence-corrected chi connectivity index (χ2v) is 7.60. The van der Waals surface area contributed by atoms with E-state index < -0.39 is 16.0 Å². The minimum absolute atomic E-state index is 0.0423. The van der Waals surface area contributed by atoms with Gasteiger partial charge < -0.3 is 5.11 Å².